The minimum absolute atomic E-state index is 0.0882. The van der Waals surface area contributed by atoms with Gasteiger partial charge < -0.3 is 14.2 Å². The molecule has 152 valence electrons. The Balaban J connectivity index is 2.94. The van der Waals surface area contributed by atoms with Crippen molar-refractivity contribution in [1.82, 2.24) is 0 Å². The number of hydrogen-bond donors (Lipinski definition) is 1. The van der Waals surface area contributed by atoms with Crippen LogP contribution in [0.4, 0.5) is 13.6 Å². The quantitative estimate of drug-likeness (QED) is 0.225. The molecular weight excluding hydrogens is 620 g/mol. The fourth-order valence-corrected chi connectivity index (χ4v) is 3.63. The van der Waals surface area contributed by atoms with Gasteiger partial charge in [-0.25, -0.2) is 9.59 Å². The molecule has 0 unspecified atom stereocenters. The molecule has 0 atom stereocenters. The van der Waals surface area contributed by atoms with Crippen LogP contribution in [0.3, 0.4) is 0 Å². The van der Waals surface area contributed by atoms with Crippen LogP contribution < -0.4 is 4.74 Å². The number of carbonyl (C=O) groups excluding carboxylic acids is 2. The van der Waals surface area contributed by atoms with Crippen molar-refractivity contribution in [2.24, 2.45) is 0 Å². The van der Waals surface area contributed by atoms with E-state index in [1.54, 1.807) is 66.0 Å². The molecule has 13 heteroatoms. The highest BCUT2D eigenvalue weighted by atomic mass is 127. The number of rotatable bonds is 5. The van der Waals surface area contributed by atoms with Gasteiger partial charge in [-0.3, -0.25) is 4.55 Å². The summed E-state index contributed by atoms with van der Waals surface area (Å²) in [6.45, 7) is 3.08. The van der Waals surface area contributed by atoms with Crippen LogP contribution in [0, 0.1) is 7.14 Å². The Bertz CT molecular complexity index is 826. The summed E-state index contributed by atoms with van der Waals surface area (Å²) in [4.78, 5) is 23.6. The first kappa shape index (κ1) is 24.2. The number of benzene rings is 1. The number of esters is 1. The van der Waals surface area contributed by atoms with Crippen molar-refractivity contribution in [3.8, 4) is 5.75 Å². The summed E-state index contributed by atoms with van der Waals surface area (Å²) in [6.07, 6.45) is -0.971. The van der Waals surface area contributed by atoms with Crippen LogP contribution in [-0.2, 0) is 19.6 Å². The maximum Gasteiger partial charge on any atom is 0.514 e. The Morgan fingerprint density at radius 1 is 1.15 bits per heavy atom. The fraction of sp³-hybridized carbons (Fsp3) is 0.429. The molecule has 8 nitrogen and oxygen atoms in total. The van der Waals surface area contributed by atoms with Gasteiger partial charge in [-0.05, 0) is 78.1 Å². The molecule has 27 heavy (non-hydrogen) atoms. The zero-order chi connectivity index (χ0) is 21.2. The van der Waals surface area contributed by atoms with Crippen molar-refractivity contribution in [2.75, 3.05) is 6.61 Å². The molecule has 1 N–H and O–H groups in total. The topological polar surface area (TPSA) is 116 Å². The van der Waals surface area contributed by atoms with E-state index < -0.39 is 39.7 Å². The molecule has 1 aromatic carbocycles. The Hall–Kier alpha value is -0.810. The second kappa shape index (κ2) is 8.69. The van der Waals surface area contributed by atoms with Crippen LogP contribution in [0.25, 0.3) is 0 Å². The van der Waals surface area contributed by atoms with E-state index in [1.807, 2.05) is 0 Å². The standard InChI is InChI=1S/C14H14F2I2O8S/c1-13(2,3)26-12(20)25-10-8(17)4-7(5-9(10)18)11(19)24-6-14(15,16)27(21,22)23/h4-5H,6H2,1-3H3,(H,21,22,23). The summed E-state index contributed by atoms with van der Waals surface area (Å²) in [5.74, 6) is -1.16. The summed E-state index contributed by atoms with van der Waals surface area (Å²) in [5.41, 5.74) is -0.970. The summed E-state index contributed by atoms with van der Waals surface area (Å²) >= 11 is 3.49. The van der Waals surface area contributed by atoms with Gasteiger partial charge in [0.25, 0.3) is 0 Å². The van der Waals surface area contributed by atoms with Crippen LogP contribution in [0.2, 0.25) is 0 Å². The third-order valence-electron chi connectivity index (χ3n) is 2.56. The van der Waals surface area contributed by atoms with Crippen LogP contribution >= 0.6 is 45.2 Å². The Labute approximate surface area is 180 Å². The van der Waals surface area contributed by atoms with E-state index in [1.165, 1.54) is 12.1 Å². The van der Waals surface area contributed by atoms with Crippen molar-refractivity contribution < 1.29 is 45.6 Å². The van der Waals surface area contributed by atoms with Crippen molar-refractivity contribution >= 4 is 67.4 Å². The molecule has 0 aliphatic rings. The molecule has 0 fully saturated rings. The Kier molecular flexibility index (Phi) is 7.80. The molecule has 0 spiro atoms. The van der Waals surface area contributed by atoms with Gasteiger partial charge in [-0.2, -0.15) is 17.2 Å². The SMILES string of the molecule is CC(C)(C)OC(=O)Oc1c(I)cc(C(=O)OCC(F)(F)S(=O)(=O)O)cc1I. The zero-order valence-corrected chi connectivity index (χ0v) is 19.2. The van der Waals surface area contributed by atoms with Crippen molar-refractivity contribution in [2.45, 2.75) is 31.6 Å². The lowest BCUT2D eigenvalue weighted by Gasteiger charge is -2.19. The average molecular weight is 634 g/mol. The van der Waals surface area contributed by atoms with Crippen molar-refractivity contribution in [3.05, 3.63) is 24.8 Å². The normalized spacial score (nSPS) is 12.4. The number of hydrogen-bond acceptors (Lipinski definition) is 7. The number of carbonyl (C=O) groups is 2. The maximum atomic E-state index is 13.1. The maximum absolute atomic E-state index is 13.1. The lowest BCUT2D eigenvalue weighted by molar-refractivity contribution is -0.00951. The third kappa shape index (κ3) is 7.26. The first-order chi connectivity index (χ1) is 12.0. The molecule has 0 saturated heterocycles. The minimum atomic E-state index is -5.72. The van der Waals surface area contributed by atoms with Crippen molar-refractivity contribution in [1.29, 1.82) is 0 Å². The summed E-state index contributed by atoms with van der Waals surface area (Å²) in [7, 11) is -5.72. The summed E-state index contributed by atoms with van der Waals surface area (Å²) in [5, 5.41) is -4.64. The molecule has 0 aromatic heterocycles. The smallest absolute Gasteiger partial charge is 0.454 e. The molecule has 0 aliphatic heterocycles. The second-order valence-corrected chi connectivity index (χ2v) is 9.90. The molecule has 0 radical (unpaired) electrons. The van der Waals surface area contributed by atoms with Crippen LogP contribution in [0.1, 0.15) is 31.1 Å². The van der Waals surface area contributed by atoms with Gasteiger partial charge in [-0.15, -0.1) is 0 Å². The van der Waals surface area contributed by atoms with Gasteiger partial charge in [0.15, 0.2) is 12.4 Å². The van der Waals surface area contributed by atoms with Gasteiger partial charge in [0.05, 0.1) is 12.7 Å². The highest BCUT2D eigenvalue weighted by Crippen LogP contribution is 2.30. The molecule has 0 aliphatic carbocycles. The first-order valence-corrected chi connectivity index (χ1v) is 10.5. The van der Waals surface area contributed by atoms with E-state index in [2.05, 4.69) is 4.74 Å². The monoisotopic (exact) mass is 634 g/mol. The highest BCUT2D eigenvalue weighted by molar-refractivity contribution is 14.1. The van der Waals surface area contributed by atoms with E-state index in [0.29, 0.717) is 0 Å². The lowest BCUT2D eigenvalue weighted by Crippen LogP contribution is -2.34. The summed E-state index contributed by atoms with van der Waals surface area (Å²) < 4.78 is 70.5. The van der Waals surface area contributed by atoms with E-state index in [9.17, 15) is 26.8 Å². The fourth-order valence-electron chi connectivity index (χ4n) is 1.44. The Morgan fingerprint density at radius 2 is 1.63 bits per heavy atom. The number of alkyl halides is 2. The molecule has 1 rings (SSSR count). The van der Waals surface area contributed by atoms with Gasteiger partial charge in [0.2, 0.25) is 0 Å². The first-order valence-electron chi connectivity index (χ1n) is 6.95. The van der Waals surface area contributed by atoms with E-state index in [4.69, 9.17) is 14.0 Å². The third-order valence-corrected chi connectivity index (χ3v) is 5.03. The molecule has 0 amide bonds. The largest absolute Gasteiger partial charge is 0.514 e. The number of ether oxygens (including phenoxy) is 3. The molecule has 0 bridgehead atoms. The zero-order valence-electron chi connectivity index (χ0n) is 14.1. The molecule has 0 heterocycles. The Morgan fingerprint density at radius 3 is 2.04 bits per heavy atom. The molecule has 0 saturated carbocycles. The van der Waals surface area contributed by atoms with E-state index >= 15 is 0 Å². The predicted octanol–water partition coefficient (Wildman–Crippen LogP) is 3.85. The lowest BCUT2D eigenvalue weighted by atomic mass is 10.2. The van der Waals surface area contributed by atoms with Crippen LogP contribution in [0.15, 0.2) is 12.1 Å². The van der Waals surface area contributed by atoms with Gasteiger partial charge in [0, 0.05) is 0 Å². The van der Waals surface area contributed by atoms with Gasteiger partial charge in [-0.1, -0.05) is 0 Å². The second-order valence-electron chi connectivity index (χ2n) is 6.02. The van der Waals surface area contributed by atoms with E-state index in [0.717, 1.165) is 0 Å². The van der Waals surface area contributed by atoms with Crippen molar-refractivity contribution in [3.63, 3.8) is 0 Å². The average Bonchev–Trinajstić information content (AvgIpc) is 2.45. The summed E-state index contributed by atoms with van der Waals surface area (Å²) in [6, 6.07) is 2.38. The molecular formula is C14H14F2I2O8S. The minimum Gasteiger partial charge on any atom is -0.454 e. The van der Waals surface area contributed by atoms with Crippen LogP contribution in [0.5, 0.6) is 5.75 Å². The number of halogens is 4. The molecule has 1 aromatic rings. The highest BCUT2D eigenvalue weighted by Gasteiger charge is 2.45. The van der Waals surface area contributed by atoms with Gasteiger partial charge >= 0.3 is 27.5 Å². The van der Waals surface area contributed by atoms with E-state index in [-0.39, 0.29) is 18.5 Å². The van der Waals surface area contributed by atoms with Gasteiger partial charge in [0.1, 0.15) is 5.60 Å². The van der Waals surface area contributed by atoms with Crippen LogP contribution in [-0.4, -0.2) is 42.6 Å². The predicted molar refractivity (Wildman–Crippen MR) is 106 cm³/mol.